The van der Waals surface area contributed by atoms with E-state index >= 15 is 0 Å². The summed E-state index contributed by atoms with van der Waals surface area (Å²) < 4.78 is 7.35. The maximum absolute atomic E-state index is 6.26. The molecule has 0 amide bonds. The Bertz CT molecular complexity index is 800. The molecule has 4 rings (SSSR count). The van der Waals surface area contributed by atoms with Crippen LogP contribution in [0.3, 0.4) is 0 Å². The van der Waals surface area contributed by atoms with Gasteiger partial charge in [-0.15, -0.1) is 0 Å². The smallest absolute Gasteiger partial charge is 0.187 e. The number of benzene rings is 2. The highest BCUT2D eigenvalue weighted by Crippen LogP contribution is 2.44. The van der Waals surface area contributed by atoms with Crippen molar-refractivity contribution in [3.63, 3.8) is 0 Å². The molecule has 0 N–H and O–H groups in total. The van der Waals surface area contributed by atoms with Gasteiger partial charge in [0.25, 0.3) is 0 Å². The second kappa shape index (κ2) is 6.83. The minimum atomic E-state index is 0.0242. The van der Waals surface area contributed by atoms with Crippen molar-refractivity contribution in [2.24, 2.45) is 5.10 Å². The second-order valence-corrected chi connectivity index (χ2v) is 7.66. The van der Waals surface area contributed by atoms with E-state index in [9.17, 15) is 0 Å². The summed E-state index contributed by atoms with van der Waals surface area (Å²) >= 11 is 3.60. The van der Waals surface area contributed by atoms with Gasteiger partial charge >= 0.3 is 0 Å². The van der Waals surface area contributed by atoms with E-state index < -0.39 is 0 Å². The van der Waals surface area contributed by atoms with E-state index in [4.69, 9.17) is 9.84 Å². The number of nitrogens with zero attached hydrogens (tertiary/aromatic N) is 2. The maximum atomic E-state index is 6.26. The molecule has 0 fully saturated rings. The third-order valence-corrected chi connectivity index (χ3v) is 5.56. The number of halogens is 1. The number of hydrazone groups is 1. The van der Waals surface area contributed by atoms with Gasteiger partial charge in [-0.3, -0.25) is 5.01 Å². The van der Waals surface area contributed by atoms with Crippen LogP contribution in [0.4, 0.5) is 0 Å². The highest BCUT2D eigenvalue weighted by atomic mass is 79.9. The van der Waals surface area contributed by atoms with Crippen LogP contribution < -0.4 is 4.74 Å². The molecule has 0 unspecified atom stereocenters. The van der Waals surface area contributed by atoms with Crippen LogP contribution in [0.15, 0.2) is 52.0 Å². The molecule has 2 atom stereocenters. The minimum Gasteiger partial charge on any atom is -0.469 e. The summed E-state index contributed by atoms with van der Waals surface area (Å²) in [6, 6.07) is 15.4. The lowest BCUT2D eigenvalue weighted by Gasteiger charge is -2.38. The zero-order chi connectivity index (χ0) is 17.4. The van der Waals surface area contributed by atoms with E-state index in [0.717, 1.165) is 41.6 Å². The molecule has 0 aliphatic carbocycles. The number of fused-ring (bicyclic) bond motifs is 3. The zero-order valence-electron chi connectivity index (χ0n) is 14.7. The van der Waals surface area contributed by atoms with Crippen molar-refractivity contribution in [2.45, 2.75) is 51.8 Å². The molecule has 0 saturated carbocycles. The summed E-state index contributed by atoms with van der Waals surface area (Å²) in [5.74, 6) is 1.00. The number of rotatable bonds is 4. The number of ether oxygens (including phenoxy) is 1. The van der Waals surface area contributed by atoms with Crippen molar-refractivity contribution < 1.29 is 4.74 Å². The molecule has 2 aromatic carbocycles. The van der Waals surface area contributed by atoms with E-state index in [1.165, 1.54) is 16.7 Å². The first-order valence-electron chi connectivity index (χ1n) is 9.10. The summed E-state index contributed by atoms with van der Waals surface area (Å²) in [5, 5.41) is 7.16. The lowest BCUT2D eigenvalue weighted by atomic mass is 9.96. The molecule has 2 aliphatic heterocycles. The first-order chi connectivity index (χ1) is 12.2. The normalized spacial score (nSPS) is 21.4. The Morgan fingerprint density at radius 3 is 2.68 bits per heavy atom. The van der Waals surface area contributed by atoms with E-state index in [1.807, 2.05) is 0 Å². The van der Waals surface area contributed by atoms with Gasteiger partial charge in [0.05, 0.1) is 11.8 Å². The molecule has 0 saturated heterocycles. The third kappa shape index (κ3) is 3.08. The highest BCUT2D eigenvalue weighted by molar-refractivity contribution is 9.10. The molecular weight excluding hydrogens is 376 g/mol. The molecule has 4 heteroatoms. The molecule has 130 valence electrons. The van der Waals surface area contributed by atoms with Gasteiger partial charge in [0.2, 0.25) is 0 Å². The molecule has 3 nitrogen and oxygen atoms in total. The fourth-order valence-corrected chi connectivity index (χ4v) is 4.06. The van der Waals surface area contributed by atoms with Gasteiger partial charge in [-0.05, 0) is 35.7 Å². The Labute approximate surface area is 157 Å². The third-order valence-electron chi connectivity index (χ3n) is 5.06. The fourth-order valence-electron chi connectivity index (χ4n) is 3.68. The summed E-state index contributed by atoms with van der Waals surface area (Å²) in [4.78, 5) is 0. The number of aryl methyl sites for hydroxylation is 1. The molecule has 25 heavy (non-hydrogen) atoms. The summed E-state index contributed by atoms with van der Waals surface area (Å²) in [7, 11) is 0. The Hall–Kier alpha value is -1.81. The molecule has 2 aliphatic rings. The zero-order valence-corrected chi connectivity index (χ0v) is 16.3. The largest absolute Gasteiger partial charge is 0.469 e. The predicted octanol–water partition coefficient (Wildman–Crippen LogP) is 5.68. The van der Waals surface area contributed by atoms with Crippen molar-refractivity contribution in [3.8, 4) is 5.75 Å². The van der Waals surface area contributed by atoms with Gasteiger partial charge in [0, 0.05) is 22.9 Å². The van der Waals surface area contributed by atoms with Crippen LogP contribution in [-0.4, -0.2) is 16.9 Å². The predicted molar refractivity (Wildman–Crippen MR) is 105 cm³/mol. The monoisotopic (exact) mass is 398 g/mol. The summed E-state index contributed by atoms with van der Waals surface area (Å²) in [6.45, 7) is 4.38. The van der Waals surface area contributed by atoms with Crippen LogP contribution in [0, 0.1) is 0 Å². The molecule has 0 bridgehead atoms. The van der Waals surface area contributed by atoms with Gasteiger partial charge < -0.3 is 4.74 Å². The van der Waals surface area contributed by atoms with E-state index in [2.05, 4.69) is 77.3 Å². The van der Waals surface area contributed by atoms with Crippen molar-refractivity contribution in [2.75, 3.05) is 0 Å². The number of hydrogen-bond acceptors (Lipinski definition) is 3. The molecule has 0 aromatic heterocycles. The Kier molecular flexibility index (Phi) is 4.55. The van der Waals surface area contributed by atoms with Crippen molar-refractivity contribution >= 4 is 21.6 Å². The molecule has 0 radical (unpaired) electrons. The first-order valence-corrected chi connectivity index (χ1v) is 9.90. The van der Waals surface area contributed by atoms with Crippen LogP contribution in [-0.2, 0) is 6.42 Å². The highest BCUT2D eigenvalue weighted by Gasteiger charge is 2.39. The number of hydrogen-bond donors (Lipinski definition) is 0. The van der Waals surface area contributed by atoms with Crippen LogP contribution in [0.2, 0.25) is 0 Å². The fraction of sp³-hybridized carbons (Fsp3) is 0.381. The molecule has 0 spiro atoms. The van der Waals surface area contributed by atoms with E-state index in [0.29, 0.717) is 0 Å². The molecular formula is C21H23BrN2O. The van der Waals surface area contributed by atoms with Gasteiger partial charge in [0.15, 0.2) is 6.23 Å². The first kappa shape index (κ1) is 16.6. The van der Waals surface area contributed by atoms with Crippen LogP contribution in [0.1, 0.15) is 55.8 Å². The lowest BCUT2D eigenvalue weighted by molar-refractivity contribution is -0.0223. The van der Waals surface area contributed by atoms with Crippen molar-refractivity contribution in [1.82, 2.24) is 5.01 Å². The Morgan fingerprint density at radius 2 is 1.96 bits per heavy atom. The van der Waals surface area contributed by atoms with Crippen LogP contribution in [0.5, 0.6) is 5.75 Å². The van der Waals surface area contributed by atoms with Crippen LogP contribution in [0.25, 0.3) is 0 Å². The minimum absolute atomic E-state index is 0.0242. The lowest BCUT2D eigenvalue weighted by Crippen LogP contribution is -2.40. The Morgan fingerprint density at radius 1 is 1.16 bits per heavy atom. The van der Waals surface area contributed by atoms with Gasteiger partial charge in [-0.2, -0.15) is 5.10 Å². The second-order valence-electron chi connectivity index (χ2n) is 6.74. The summed E-state index contributed by atoms with van der Waals surface area (Å²) in [6.07, 6.45) is 4.08. The quantitative estimate of drug-likeness (QED) is 0.661. The molecule has 2 heterocycles. The van der Waals surface area contributed by atoms with E-state index in [-0.39, 0.29) is 12.3 Å². The standard InChI is InChI=1S/C21H23BrN2O/c1-3-5-21-24-19(17-12-16(22)10-11-20(17)25-21)13-18(23-24)15-8-6-14(4-2)7-9-15/h6-12,19,21H,3-5,13H2,1-2H3/t19-,21+/m0/s1. The summed E-state index contributed by atoms with van der Waals surface area (Å²) in [5.41, 5.74) is 4.97. The van der Waals surface area contributed by atoms with Gasteiger partial charge in [-0.1, -0.05) is 60.5 Å². The SMILES string of the molecule is CCC[C@H]1Oc2ccc(Br)cc2[C@@H]2CC(c3ccc(CC)cc3)=NN12. The van der Waals surface area contributed by atoms with E-state index in [1.54, 1.807) is 0 Å². The maximum Gasteiger partial charge on any atom is 0.187 e. The van der Waals surface area contributed by atoms with Gasteiger partial charge in [-0.25, -0.2) is 0 Å². The average molecular weight is 399 g/mol. The van der Waals surface area contributed by atoms with Gasteiger partial charge in [0.1, 0.15) is 5.75 Å². The van der Waals surface area contributed by atoms with Crippen molar-refractivity contribution in [1.29, 1.82) is 0 Å². The molecule has 2 aromatic rings. The Balaban J connectivity index is 1.69. The average Bonchev–Trinajstić information content (AvgIpc) is 3.08. The van der Waals surface area contributed by atoms with Crippen LogP contribution >= 0.6 is 15.9 Å². The topological polar surface area (TPSA) is 24.8 Å². The van der Waals surface area contributed by atoms with Crippen molar-refractivity contribution in [3.05, 3.63) is 63.6 Å².